The zero-order valence-corrected chi connectivity index (χ0v) is 10.0. The molecule has 17 heavy (non-hydrogen) atoms. The zero-order chi connectivity index (χ0) is 12.7. The van der Waals surface area contributed by atoms with Crippen molar-refractivity contribution in [2.75, 3.05) is 13.7 Å². The van der Waals surface area contributed by atoms with Crippen LogP contribution in [-0.4, -0.2) is 30.8 Å². The van der Waals surface area contributed by atoms with Crippen molar-refractivity contribution in [3.05, 3.63) is 35.9 Å². The lowest BCUT2D eigenvalue weighted by Gasteiger charge is -2.03. The van der Waals surface area contributed by atoms with Crippen molar-refractivity contribution in [2.45, 2.75) is 13.0 Å². The van der Waals surface area contributed by atoms with E-state index in [1.165, 1.54) is 6.08 Å². The van der Waals surface area contributed by atoms with E-state index in [1.807, 2.05) is 24.3 Å². The van der Waals surface area contributed by atoms with Gasteiger partial charge >= 0.3 is 0 Å². The Balaban J connectivity index is 2.49. The van der Waals surface area contributed by atoms with Gasteiger partial charge in [-0.2, -0.15) is 0 Å². The lowest BCUT2D eigenvalue weighted by Crippen LogP contribution is -2.28. The predicted molar refractivity (Wildman–Crippen MR) is 66.7 cm³/mol. The normalized spacial score (nSPS) is 12.4. The summed E-state index contributed by atoms with van der Waals surface area (Å²) in [4.78, 5) is 11.3. The molecule has 0 heterocycles. The molecular weight excluding hydrogens is 218 g/mol. The largest absolute Gasteiger partial charge is 0.497 e. The monoisotopic (exact) mass is 235 g/mol. The maximum absolute atomic E-state index is 11.3. The molecule has 0 aliphatic carbocycles. The summed E-state index contributed by atoms with van der Waals surface area (Å²) < 4.78 is 5.03. The second-order valence-electron chi connectivity index (χ2n) is 3.70. The summed E-state index contributed by atoms with van der Waals surface area (Å²) in [5.41, 5.74) is 0.915. The topological polar surface area (TPSA) is 58.6 Å². The van der Waals surface area contributed by atoms with E-state index in [4.69, 9.17) is 9.84 Å². The van der Waals surface area contributed by atoms with Crippen molar-refractivity contribution in [1.29, 1.82) is 0 Å². The molecule has 0 unspecified atom stereocenters. The molecule has 0 bridgehead atoms. The number of aliphatic hydroxyl groups excluding tert-OH is 1. The Hall–Kier alpha value is -1.81. The molecule has 1 aromatic rings. The number of methoxy groups -OCH3 is 1. The highest BCUT2D eigenvalue weighted by Gasteiger charge is 1.98. The van der Waals surface area contributed by atoms with E-state index in [0.717, 1.165) is 11.3 Å². The number of aliphatic hydroxyl groups is 1. The molecule has 1 rings (SSSR count). The molecule has 92 valence electrons. The third-order valence-corrected chi connectivity index (χ3v) is 2.11. The van der Waals surface area contributed by atoms with E-state index in [2.05, 4.69) is 5.32 Å². The summed E-state index contributed by atoms with van der Waals surface area (Å²) in [5.74, 6) is 0.558. The molecule has 0 aliphatic rings. The Morgan fingerprint density at radius 1 is 1.47 bits per heavy atom. The molecule has 0 aliphatic heterocycles. The number of amides is 1. The van der Waals surface area contributed by atoms with Crippen molar-refractivity contribution in [1.82, 2.24) is 5.32 Å². The average Bonchev–Trinajstić information content (AvgIpc) is 2.34. The lowest BCUT2D eigenvalue weighted by molar-refractivity contribution is -0.116. The van der Waals surface area contributed by atoms with Gasteiger partial charge < -0.3 is 15.2 Å². The number of benzene rings is 1. The van der Waals surface area contributed by atoms with Gasteiger partial charge in [0, 0.05) is 12.6 Å². The molecule has 0 spiro atoms. The van der Waals surface area contributed by atoms with Crippen molar-refractivity contribution in [3.8, 4) is 5.75 Å². The number of carbonyl (C=O) groups excluding carboxylic acids is 1. The van der Waals surface area contributed by atoms with Crippen LogP contribution < -0.4 is 10.1 Å². The Bertz CT molecular complexity index is 382. The maximum Gasteiger partial charge on any atom is 0.244 e. The Kier molecular flexibility index (Phi) is 5.23. The zero-order valence-electron chi connectivity index (χ0n) is 10.0. The SMILES string of the molecule is COc1ccc(/C=C/C(=O)NC[C@@H](C)O)cc1. The lowest BCUT2D eigenvalue weighted by atomic mass is 10.2. The van der Waals surface area contributed by atoms with Gasteiger partial charge in [0.25, 0.3) is 0 Å². The minimum Gasteiger partial charge on any atom is -0.497 e. The Morgan fingerprint density at radius 2 is 2.12 bits per heavy atom. The molecule has 0 aromatic heterocycles. The highest BCUT2D eigenvalue weighted by atomic mass is 16.5. The quantitative estimate of drug-likeness (QED) is 0.754. The third kappa shape index (κ3) is 5.17. The molecule has 1 atom stereocenters. The van der Waals surface area contributed by atoms with Gasteiger partial charge in [-0.1, -0.05) is 12.1 Å². The maximum atomic E-state index is 11.3. The fraction of sp³-hybridized carbons (Fsp3) is 0.308. The third-order valence-electron chi connectivity index (χ3n) is 2.11. The first-order chi connectivity index (χ1) is 8.11. The van der Waals surface area contributed by atoms with Gasteiger partial charge in [-0.3, -0.25) is 4.79 Å². The molecule has 0 saturated heterocycles. The van der Waals surface area contributed by atoms with Gasteiger partial charge in [0.05, 0.1) is 13.2 Å². The molecule has 4 nitrogen and oxygen atoms in total. The van der Waals surface area contributed by atoms with E-state index in [-0.39, 0.29) is 12.5 Å². The highest BCUT2D eigenvalue weighted by Crippen LogP contribution is 2.11. The van der Waals surface area contributed by atoms with Crippen LogP contribution in [0, 0.1) is 0 Å². The Morgan fingerprint density at radius 3 is 2.65 bits per heavy atom. The number of ether oxygens (including phenoxy) is 1. The van der Waals surface area contributed by atoms with Gasteiger partial charge in [0.15, 0.2) is 0 Å². The molecule has 1 aromatic carbocycles. The summed E-state index contributed by atoms with van der Waals surface area (Å²) >= 11 is 0. The van der Waals surface area contributed by atoms with Crippen LogP contribution in [0.3, 0.4) is 0 Å². The smallest absolute Gasteiger partial charge is 0.244 e. The van der Waals surface area contributed by atoms with E-state index in [0.29, 0.717) is 0 Å². The summed E-state index contributed by atoms with van der Waals surface area (Å²) in [6.07, 6.45) is 2.61. The van der Waals surface area contributed by atoms with E-state index in [9.17, 15) is 4.79 Å². The van der Waals surface area contributed by atoms with Gasteiger partial charge in [-0.25, -0.2) is 0 Å². The first kappa shape index (κ1) is 13.3. The van der Waals surface area contributed by atoms with Crippen LogP contribution in [0.2, 0.25) is 0 Å². The van der Waals surface area contributed by atoms with Gasteiger partial charge in [-0.15, -0.1) is 0 Å². The van der Waals surface area contributed by atoms with Crippen molar-refractivity contribution < 1.29 is 14.6 Å². The van der Waals surface area contributed by atoms with Crippen LogP contribution in [-0.2, 0) is 4.79 Å². The Labute approximate surface area is 101 Å². The van der Waals surface area contributed by atoms with Crippen molar-refractivity contribution in [3.63, 3.8) is 0 Å². The van der Waals surface area contributed by atoms with Crippen LogP contribution in [0.15, 0.2) is 30.3 Å². The van der Waals surface area contributed by atoms with Gasteiger partial charge in [0.2, 0.25) is 5.91 Å². The fourth-order valence-electron chi connectivity index (χ4n) is 1.19. The number of rotatable bonds is 5. The minimum atomic E-state index is -0.534. The van der Waals surface area contributed by atoms with Crippen molar-refractivity contribution in [2.24, 2.45) is 0 Å². The predicted octanol–water partition coefficient (Wildman–Crippen LogP) is 1.21. The number of nitrogens with one attached hydrogen (secondary N) is 1. The molecular formula is C13H17NO3. The summed E-state index contributed by atoms with van der Waals surface area (Å²) in [5, 5.41) is 11.6. The second kappa shape index (κ2) is 6.70. The molecule has 0 radical (unpaired) electrons. The van der Waals surface area contributed by atoms with Gasteiger partial charge in [0.1, 0.15) is 5.75 Å². The van der Waals surface area contributed by atoms with Crippen LogP contribution in [0.5, 0.6) is 5.75 Å². The van der Waals surface area contributed by atoms with Crippen LogP contribution in [0.1, 0.15) is 12.5 Å². The molecule has 4 heteroatoms. The summed E-state index contributed by atoms with van der Waals surface area (Å²) in [6, 6.07) is 7.37. The average molecular weight is 235 g/mol. The van der Waals surface area contributed by atoms with E-state index >= 15 is 0 Å². The molecule has 0 fully saturated rings. The first-order valence-electron chi connectivity index (χ1n) is 5.40. The summed E-state index contributed by atoms with van der Waals surface area (Å²) in [6.45, 7) is 1.87. The van der Waals surface area contributed by atoms with Crippen LogP contribution in [0.25, 0.3) is 6.08 Å². The number of carbonyl (C=O) groups is 1. The number of hydrogen-bond donors (Lipinski definition) is 2. The molecule has 1 amide bonds. The first-order valence-corrected chi connectivity index (χ1v) is 5.40. The van der Waals surface area contributed by atoms with Crippen molar-refractivity contribution >= 4 is 12.0 Å². The van der Waals surface area contributed by atoms with E-state index in [1.54, 1.807) is 20.1 Å². The van der Waals surface area contributed by atoms with Crippen LogP contribution >= 0.6 is 0 Å². The van der Waals surface area contributed by atoms with Gasteiger partial charge in [-0.05, 0) is 30.7 Å². The standard InChI is InChI=1S/C13H17NO3/c1-10(15)9-14-13(16)8-5-11-3-6-12(17-2)7-4-11/h3-8,10,15H,9H2,1-2H3,(H,14,16)/b8-5+/t10-/m1/s1. The minimum absolute atomic E-state index is 0.221. The fourth-order valence-corrected chi connectivity index (χ4v) is 1.19. The van der Waals surface area contributed by atoms with Crippen LogP contribution in [0.4, 0.5) is 0 Å². The van der Waals surface area contributed by atoms with E-state index < -0.39 is 6.10 Å². The second-order valence-corrected chi connectivity index (χ2v) is 3.70. The summed E-state index contributed by atoms with van der Waals surface area (Å²) in [7, 11) is 1.61. The highest BCUT2D eigenvalue weighted by molar-refractivity contribution is 5.91. The number of hydrogen-bond acceptors (Lipinski definition) is 3. The molecule has 2 N–H and O–H groups in total. The molecule has 0 saturated carbocycles.